The van der Waals surface area contributed by atoms with Crippen molar-refractivity contribution in [2.75, 3.05) is 0 Å². The molecule has 49 valence electrons. The second-order valence-electron chi connectivity index (χ2n) is 1.79. The van der Waals surface area contributed by atoms with Crippen LogP contribution in [0.15, 0.2) is 16.8 Å². The van der Waals surface area contributed by atoms with Crippen molar-refractivity contribution in [2.45, 2.75) is 0 Å². The van der Waals surface area contributed by atoms with Gasteiger partial charge in [-0.15, -0.1) is 0 Å². The molecule has 0 aliphatic rings. The van der Waals surface area contributed by atoms with Crippen LogP contribution in [-0.2, 0) is 0 Å². The fraction of sp³-hybridized carbons (Fsp3) is 0. The minimum absolute atomic E-state index is 0.443. The van der Waals surface area contributed by atoms with E-state index in [4.69, 9.17) is 11.6 Å². The second-order valence-corrected chi connectivity index (χ2v) is 2.17. The largest absolute Gasteiger partial charge is 0.243 e. The maximum absolute atomic E-state index is 5.68. The van der Waals surface area contributed by atoms with Crippen LogP contribution in [0.3, 0.4) is 0 Å². The van der Waals surface area contributed by atoms with Crippen molar-refractivity contribution < 1.29 is 4.63 Å². The summed E-state index contributed by atoms with van der Waals surface area (Å²) in [5.41, 5.74) is 1.22. The Morgan fingerprint density at radius 2 is 2.40 bits per heavy atom. The van der Waals surface area contributed by atoms with Crippen molar-refractivity contribution in [3.8, 4) is 0 Å². The first-order valence-corrected chi connectivity index (χ1v) is 3.04. The van der Waals surface area contributed by atoms with Gasteiger partial charge in [0.1, 0.15) is 5.52 Å². The van der Waals surface area contributed by atoms with E-state index < -0.39 is 0 Å². The number of hydrogen-bond acceptors (Lipinski definition) is 3. The normalized spacial score (nSPS) is 10.5. The van der Waals surface area contributed by atoms with E-state index in [0.717, 1.165) is 0 Å². The van der Waals surface area contributed by atoms with Gasteiger partial charge < -0.3 is 0 Å². The van der Waals surface area contributed by atoms with E-state index in [2.05, 4.69) is 21.0 Å². The van der Waals surface area contributed by atoms with Gasteiger partial charge in [0.2, 0.25) is 0 Å². The molecule has 0 bridgehead atoms. The molecular weight excluding hydrogens is 152 g/mol. The highest BCUT2D eigenvalue weighted by Crippen LogP contribution is 2.17. The summed E-state index contributed by atoms with van der Waals surface area (Å²) in [5.74, 6) is 0. The Morgan fingerprint density at radius 1 is 1.50 bits per heavy atom. The molecule has 1 radical (unpaired) electrons. The highest BCUT2D eigenvalue weighted by atomic mass is 35.5. The first kappa shape index (κ1) is 5.68. The zero-order chi connectivity index (χ0) is 6.97. The Kier molecular flexibility index (Phi) is 1.11. The van der Waals surface area contributed by atoms with Crippen molar-refractivity contribution in [2.24, 2.45) is 0 Å². The zero-order valence-corrected chi connectivity index (χ0v) is 5.59. The Bertz CT molecular complexity index is 357. The van der Waals surface area contributed by atoms with E-state index in [1.54, 1.807) is 12.1 Å². The number of aromatic nitrogens is 2. The van der Waals surface area contributed by atoms with Crippen LogP contribution in [0.1, 0.15) is 0 Å². The SMILES string of the molecule is Clc1[c]ccc2nonc12. The second kappa shape index (κ2) is 1.95. The first-order chi connectivity index (χ1) is 4.88. The lowest BCUT2D eigenvalue weighted by Gasteiger charge is -1.83. The Balaban J connectivity index is 2.95. The summed E-state index contributed by atoms with van der Waals surface area (Å²) < 4.78 is 4.44. The third-order valence-electron chi connectivity index (χ3n) is 1.17. The van der Waals surface area contributed by atoms with E-state index in [1.807, 2.05) is 0 Å². The van der Waals surface area contributed by atoms with Gasteiger partial charge in [0.15, 0.2) is 5.52 Å². The molecule has 0 amide bonds. The van der Waals surface area contributed by atoms with Crippen LogP contribution < -0.4 is 0 Å². The molecule has 0 saturated heterocycles. The number of hydrogen-bond donors (Lipinski definition) is 0. The molecule has 1 aromatic heterocycles. The predicted molar refractivity (Wildman–Crippen MR) is 35.7 cm³/mol. The number of nitrogens with zero attached hydrogens (tertiary/aromatic N) is 2. The van der Waals surface area contributed by atoms with Gasteiger partial charge in [0.05, 0.1) is 5.02 Å². The molecule has 10 heavy (non-hydrogen) atoms. The van der Waals surface area contributed by atoms with Crippen LogP contribution in [0.2, 0.25) is 5.02 Å². The van der Waals surface area contributed by atoms with Crippen LogP contribution >= 0.6 is 11.6 Å². The number of halogens is 1. The Morgan fingerprint density at radius 3 is 3.20 bits per heavy atom. The summed E-state index contributed by atoms with van der Waals surface area (Å²) in [6.07, 6.45) is 0. The molecule has 0 atom stereocenters. The third kappa shape index (κ3) is 0.675. The number of rotatable bonds is 0. The molecule has 0 spiro atoms. The highest BCUT2D eigenvalue weighted by molar-refractivity contribution is 6.34. The Labute approximate surface area is 61.6 Å². The highest BCUT2D eigenvalue weighted by Gasteiger charge is 2.02. The lowest BCUT2D eigenvalue weighted by Crippen LogP contribution is -1.69. The molecule has 2 aromatic rings. The van der Waals surface area contributed by atoms with Crippen LogP contribution in [0.25, 0.3) is 11.0 Å². The van der Waals surface area contributed by atoms with Gasteiger partial charge in [-0.1, -0.05) is 17.7 Å². The van der Waals surface area contributed by atoms with E-state index in [9.17, 15) is 0 Å². The Hall–Kier alpha value is -1.09. The van der Waals surface area contributed by atoms with E-state index >= 15 is 0 Å². The summed E-state index contributed by atoms with van der Waals surface area (Å²) in [7, 11) is 0. The lowest BCUT2D eigenvalue weighted by atomic mass is 10.3. The van der Waals surface area contributed by atoms with Crippen molar-refractivity contribution in [1.82, 2.24) is 10.3 Å². The standard InChI is InChI=1S/C6H2ClN2O/c7-4-2-1-3-5-6(4)9-10-8-5/h1,3H. The summed E-state index contributed by atoms with van der Waals surface area (Å²) in [4.78, 5) is 0. The monoisotopic (exact) mass is 153 g/mol. The molecular formula is C6H2ClN2O. The zero-order valence-electron chi connectivity index (χ0n) is 4.84. The number of fused-ring (bicyclic) bond motifs is 1. The molecule has 4 heteroatoms. The van der Waals surface area contributed by atoms with E-state index in [1.165, 1.54) is 0 Å². The molecule has 0 aliphatic heterocycles. The molecule has 0 aliphatic carbocycles. The van der Waals surface area contributed by atoms with Gasteiger partial charge in [-0.25, -0.2) is 4.63 Å². The summed E-state index contributed by atoms with van der Waals surface area (Å²) in [6.45, 7) is 0. The fourth-order valence-corrected chi connectivity index (χ4v) is 0.914. The molecule has 3 nitrogen and oxygen atoms in total. The van der Waals surface area contributed by atoms with E-state index in [-0.39, 0.29) is 0 Å². The molecule has 0 saturated carbocycles. The average molecular weight is 154 g/mol. The van der Waals surface area contributed by atoms with Gasteiger partial charge in [0.25, 0.3) is 0 Å². The summed E-state index contributed by atoms with van der Waals surface area (Å²) >= 11 is 5.68. The topological polar surface area (TPSA) is 38.9 Å². The first-order valence-electron chi connectivity index (χ1n) is 2.66. The molecule has 1 heterocycles. The van der Waals surface area contributed by atoms with Gasteiger partial charge >= 0.3 is 0 Å². The van der Waals surface area contributed by atoms with Crippen molar-refractivity contribution in [3.63, 3.8) is 0 Å². The van der Waals surface area contributed by atoms with Gasteiger partial charge in [-0.2, -0.15) is 0 Å². The van der Waals surface area contributed by atoms with Crippen molar-refractivity contribution in [3.05, 3.63) is 23.2 Å². The summed E-state index contributed by atoms with van der Waals surface area (Å²) in [6, 6.07) is 6.17. The van der Waals surface area contributed by atoms with Crippen LogP contribution in [-0.4, -0.2) is 10.3 Å². The average Bonchev–Trinajstić information content (AvgIpc) is 2.36. The quantitative estimate of drug-likeness (QED) is 0.578. The molecule has 1 aromatic carbocycles. The predicted octanol–water partition coefficient (Wildman–Crippen LogP) is 1.68. The summed E-state index contributed by atoms with van der Waals surface area (Å²) in [5, 5.41) is 7.60. The van der Waals surface area contributed by atoms with Crippen molar-refractivity contribution in [1.29, 1.82) is 0 Å². The fourth-order valence-electron chi connectivity index (χ4n) is 0.719. The smallest absolute Gasteiger partial charge is 0.154 e. The van der Waals surface area contributed by atoms with E-state index in [0.29, 0.717) is 16.1 Å². The van der Waals surface area contributed by atoms with Crippen LogP contribution in [0.5, 0.6) is 0 Å². The van der Waals surface area contributed by atoms with Crippen molar-refractivity contribution >= 4 is 22.6 Å². The molecule has 0 unspecified atom stereocenters. The minimum Gasteiger partial charge on any atom is -0.243 e. The molecule has 0 fully saturated rings. The van der Waals surface area contributed by atoms with Crippen LogP contribution in [0.4, 0.5) is 0 Å². The third-order valence-corrected chi connectivity index (χ3v) is 1.46. The number of benzene rings is 1. The maximum Gasteiger partial charge on any atom is 0.154 e. The van der Waals surface area contributed by atoms with Gasteiger partial charge in [-0.3, -0.25) is 0 Å². The van der Waals surface area contributed by atoms with Crippen LogP contribution in [0, 0.1) is 6.07 Å². The minimum atomic E-state index is 0.443. The van der Waals surface area contributed by atoms with Gasteiger partial charge in [0, 0.05) is 6.07 Å². The molecule has 0 N–H and O–H groups in total. The molecule has 2 rings (SSSR count). The lowest BCUT2D eigenvalue weighted by molar-refractivity contribution is 0.315. The van der Waals surface area contributed by atoms with Gasteiger partial charge in [-0.05, 0) is 16.4 Å². The maximum atomic E-state index is 5.68.